The van der Waals surface area contributed by atoms with E-state index in [4.69, 9.17) is 11.6 Å². The molecule has 0 aliphatic heterocycles. The Morgan fingerprint density at radius 1 is 1.44 bits per heavy atom. The number of nitrogens with zero attached hydrogens (tertiary/aromatic N) is 2. The highest BCUT2D eigenvalue weighted by molar-refractivity contribution is 7.85. The summed E-state index contributed by atoms with van der Waals surface area (Å²) in [6, 6.07) is 3.53. The van der Waals surface area contributed by atoms with Crippen LogP contribution in [0.25, 0.3) is 0 Å². The molecule has 1 atom stereocenters. The van der Waals surface area contributed by atoms with E-state index in [1.54, 1.807) is 12.3 Å². The number of rotatable bonds is 2. The lowest BCUT2D eigenvalue weighted by Crippen LogP contribution is -2.19. The maximum Gasteiger partial charge on any atom is 0.144 e. The van der Waals surface area contributed by atoms with Gasteiger partial charge in [-0.25, -0.2) is 9.19 Å². The molecule has 0 amide bonds. The van der Waals surface area contributed by atoms with Crippen molar-refractivity contribution >= 4 is 28.8 Å². The van der Waals surface area contributed by atoms with E-state index in [2.05, 4.69) is 9.38 Å². The Kier molecular flexibility index (Phi) is 4.21. The molecule has 0 bridgehead atoms. The van der Waals surface area contributed by atoms with Crippen molar-refractivity contribution in [1.29, 1.82) is 0 Å². The van der Waals surface area contributed by atoms with E-state index < -0.39 is 11.0 Å². The van der Waals surface area contributed by atoms with Gasteiger partial charge in [0.15, 0.2) is 0 Å². The Morgan fingerprint density at radius 2 is 2.06 bits per heavy atom. The Labute approximate surface area is 104 Å². The number of hydrogen-bond donors (Lipinski definition) is 0. The van der Waals surface area contributed by atoms with Crippen LogP contribution in [0.2, 0.25) is 5.15 Å². The highest BCUT2D eigenvalue weighted by Gasteiger charge is 2.18. The van der Waals surface area contributed by atoms with Crippen LogP contribution in [0.15, 0.2) is 16.5 Å². The van der Waals surface area contributed by atoms with E-state index >= 15 is 0 Å². The number of aromatic nitrogens is 1. The molecule has 0 saturated heterocycles. The fourth-order valence-corrected chi connectivity index (χ4v) is 1.79. The van der Waals surface area contributed by atoms with Gasteiger partial charge in [-0.15, -0.1) is 0 Å². The van der Waals surface area contributed by atoms with Crippen molar-refractivity contribution in [2.24, 2.45) is 4.40 Å². The van der Waals surface area contributed by atoms with Gasteiger partial charge in [0.1, 0.15) is 16.1 Å². The van der Waals surface area contributed by atoms with Gasteiger partial charge in [0.2, 0.25) is 0 Å². The molecule has 0 aliphatic carbocycles. The molecule has 3 nitrogen and oxygen atoms in total. The van der Waals surface area contributed by atoms with Crippen molar-refractivity contribution in [3.05, 3.63) is 28.5 Å². The molecule has 0 radical (unpaired) electrons. The van der Waals surface area contributed by atoms with Crippen LogP contribution in [0.5, 0.6) is 0 Å². The monoisotopic (exact) mass is 258 g/mol. The van der Waals surface area contributed by atoms with Crippen LogP contribution in [0.4, 0.5) is 0 Å². The van der Waals surface area contributed by atoms with Gasteiger partial charge in [-0.3, -0.25) is 0 Å². The van der Waals surface area contributed by atoms with E-state index in [9.17, 15) is 4.21 Å². The minimum Gasteiger partial charge on any atom is -0.241 e. The minimum absolute atomic E-state index is 0.345. The van der Waals surface area contributed by atoms with Crippen molar-refractivity contribution in [1.82, 2.24) is 4.98 Å². The maximum atomic E-state index is 11.7. The number of halogens is 1. The summed E-state index contributed by atoms with van der Waals surface area (Å²) in [5.41, 5.74) is 1.63. The predicted molar refractivity (Wildman–Crippen MR) is 69.5 cm³/mol. The number of pyridine rings is 1. The first kappa shape index (κ1) is 13.3. The van der Waals surface area contributed by atoms with E-state index in [-0.39, 0.29) is 4.75 Å². The Morgan fingerprint density at radius 3 is 2.56 bits per heavy atom. The average molecular weight is 259 g/mol. The van der Waals surface area contributed by atoms with Gasteiger partial charge in [0.25, 0.3) is 0 Å². The second-order valence-corrected chi connectivity index (χ2v) is 6.78. The molecule has 16 heavy (non-hydrogen) atoms. The van der Waals surface area contributed by atoms with E-state index in [0.29, 0.717) is 5.15 Å². The summed E-state index contributed by atoms with van der Waals surface area (Å²) in [7, 11) is -1.25. The second kappa shape index (κ2) is 5.06. The van der Waals surface area contributed by atoms with Crippen LogP contribution in [0.3, 0.4) is 0 Å². The van der Waals surface area contributed by atoms with Crippen molar-refractivity contribution in [2.45, 2.75) is 32.4 Å². The van der Waals surface area contributed by atoms with Crippen molar-refractivity contribution in [3.8, 4) is 0 Å². The quantitative estimate of drug-likeness (QED) is 0.605. The summed E-state index contributed by atoms with van der Waals surface area (Å²) in [4.78, 5) is 4.04. The lowest BCUT2D eigenvalue weighted by atomic mass is 10.2. The Hall–Kier alpha value is -0.740. The van der Waals surface area contributed by atoms with Gasteiger partial charge < -0.3 is 0 Å². The fourth-order valence-electron chi connectivity index (χ4n) is 0.995. The first-order valence-corrected chi connectivity index (χ1v) is 6.38. The van der Waals surface area contributed by atoms with Gasteiger partial charge in [0, 0.05) is 11.9 Å². The molecule has 0 fully saturated rings. The van der Waals surface area contributed by atoms with Crippen LogP contribution in [0.1, 0.15) is 32.0 Å². The molecule has 0 unspecified atom stereocenters. The van der Waals surface area contributed by atoms with Crippen molar-refractivity contribution < 1.29 is 4.21 Å². The van der Waals surface area contributed by atoms with Crippen LogP contribution in [0, 0.1) is 6.92 Å². The summed E-state index contributed by atoms with van der Waals surface area (Å²) in [5.74, 6) is 0. The first-order valence-electron chi connectivity index (χ1n) is 4.89. The molecule has 1 aromatic heterocycles. The molecular formula is C11H15ClN2OS. The number of aryl methyl sites for hydroxylation is 1. The van der Waals surface area contributed by atoms with Gasteiger partial charge in [-0.05, 0) is 45.4 Å². The van der Waals surface area contributed by atoms with Gasteiger partial charge >= 0.3 is 0 Å². The summed E-state index contributed by atoms with van der Waals surface area (Å²) >= 11 is 5.81. The smallest absolute Gasteiger partial charge is 0.144 e. The lowest BCUT2D eigenvalue weighted by molar-refractivity contribution is 0.651. The van der Waals surface area contributed by atoms with Crippen LogP contribution >= 0.6 is 11.6 Å². The molecule has 0 spiro atoms. The van der Waals surface area contributed by atoms with Gasteiger partial charge in [-0.1, -0.05) is 11.6 Å². The largest absolute Gasteiger partial charge is 0.241 e. The normalized spacial score (nSPS) is 14.3. The number of hydrogen-bond acceptors (Lipinski definition) is 2. The van der Waals surface area contributed by atoms with Crippen LogP contribution in [-0.4, -0.2) is 20.2 Å². The molecule has 0 aromatic carbocycles. The summed E-state index contributed by atoms with van der Waals surface area (Å²) in [5, 5.41) is 0.419. The van der Waals surface area contributed by atoms with Gasteiger partial charge in [0.05, 0.1) is 4.75 Å². The molecular weight excluding hydrogens is 244 g/mol. The third-order valence-corrected chi connectivity index (χ3v) is 3.30. The second-order valence-electron chi connectivity index (χ2n) is 4.46. The standard InChI is InChI=1S/C11H15ClN2OS/c1-8-5-9(6-10(12)14-8)7-13-16(15)11(2,3)4/h5-7H,1-4H3/t16-/m0/s1. The molecule has 5 heteroatoms. The highest BCUT2D eigenvalue weighted by Crippen LogP contribution is 2.13. The fraction of sp³-hybridized carbons (Fsp3) is 0.455. The van der Waals surface area contributed by atoms with E-state index in [0.717, 1.165) is 11.3 Å². The third kappa shape index (κ3) is 4.02. The third-order valence-electron chi connectivity index (χ3n) is 1.77. The molecule has 0 N–H and O–H groups in total. The molecule has 1 aromatic rings. The molecule has 1 rings (SSSR count). The highest BCUT2D eigenvalue weighted by atomic mass is 35.5. The van der Waals surface area contributed by atoms with Crippen LogP contribution in [-0.2, 0) is 11.0 Å². The zero-order valence-corrected chi connectivity index (χ0v) is 11.4. The van der Waals surface area contributed by atoms with Crippen molar-refractivity contribution in [3.63, 3.8) is 0 Å². The minimum atomic E-state index is -1.25. The molecule has 0 aliphatic rings. The SMILES string of the molecule is Cc1cc(C=N[S@@](=O)C(C)(C)C)cc(Cl)n1. The topological polar surface area (TPSA) is 42.3 Å². The lowest BCUT2D eigenvalue weighted by Gasteiger charge is -2.12. The van der Waals surface area contributed by atoms with Crippen molar-refractivity contribution in [2.75, 3.05) is 0 Å². The van der Waals surface area contributed by atoms with Crippen LogP contribution < -0.4 is 0 Å². The van der Waals surface area contributed by atoms with E-state index in [1.165, 1.54) is 0 Å². The summed E-state index contributed by atoms with van der Waals surface area (Å²) < 4.78 is 15.3. The molecule has 88 valence electrons. The van der Waals surface area contributed by atoms with E-state index in [1.807, 2.05) is 33.8 Å². The zero-order chi connectivity index (χ0) is 12.3. The summed E-state index contributed by atoms with van der Waals surface area (Å²) in [6.45, 7) is 7.49. The van der Waals surface area contributed by atoms with Gasteiger partial charge in [-0.2, -0.15) is 4.40 Å². The Bertz CT molecular complexity index is 418. The molecule has 0 saturated carbocycles. The predicted octanol–water partition coefficient (Wildman–Crippen LogP) is 2.92. The zero-order valence-electron chi connectivity index (χ0n) is 9.82. The average Bonchev–Trinajstić information content (AvgIpc) is 2.11. The molecule has 1 heterocycles. The maximum absolute atomic E-state index is 11.7. The first-order chi connectivity index (χ1) is 7.29. The summed E-state index contributed by atoms with van der Waals surface area (Å²) in [6.07, 6.45) is 1.57. The Balaban J connectivity index is 2.89.